The highest BCUT2D eigenvalue weighted by Crippen LogP contribution is 2.50. The molecule has 0 amide bonds. The molecular weight excluding hydrogens is 187 g/mol. The predicted octanol–water partition coefficient (Wildman–Crippen LogP) is 3.64. The van der Waals surface area contributed by atoms with Crippen molar-refractivity contribution in [3.05, 3.63) is 30.3 Å². The molecule has 0 bridgehead atoms. The summed E-state index contributed by atoms with van der Waals surface area (Å²) in [6, 6.07) is 11.0. The Morgan fingerprint density at radius 1 is 1.07 bits per heavy atom. The third-order valence-corrected chi connectivity index (χ3v) is 5.79. The Kier molecular flexibility index (Phi) is 4.13. The Morgan fingerprint density at radius 2 is 1.64 bits per heavy atom. The van der Waals surface area contributed by atoms with Crippen molar-refractivity contribution in [2.45, 2.75) is 20.3 Å². The molecule has 0 nitrogen and oxygen atoms in total. The average Bonchev–Trinajstić information content (AvgIpc) is 2.16. The molecular formula is C13H22P+. The van der Waals surface area contributed by atoms with Crippen molar-refractivity contribution in [1.82, 2.24) is 0 Å². The first-order valence-corrected chi connectivity index (χ1v) is 8.28. The molecule has 0 aliphatic heterocycles. The van der Waals surface area contributed by atoms with E-state index in [1.807, 2.05) is 0 Å². The zero-order chi connectivity index (χ0) is 10.6. The van der Waals surface area contributed by atoms with E-state index in [0.717, 1.165) is 5.92 Å². The van der Waals surface area contributed by atoms with Gasteiger partial charge in [-0.3, -0.25) is 0 Å². The first-order chi connectivity index (χ1) is 6.52. The fraction of sp³-hybridized carbons (Fsp3) is 0.538. The maximum atomic E-state index is 2.45. The second kappa shape index (κ2) is 4.94. The molecule has 0 fully saturated rings. The Labute approximate surface area is 89.1 Å². The van der Waals surface area contributed by atoms with Gasteiger partial charge in [0.05, 0.1) is 24.8 Å². The highest BCUT2D eigenvalue weighted by atomic mass is 31.2. The number of rotatable bonds is 4. The summed E-state index contributed by atoms with van der Waals surface area (Å²) in [6.45, 7) is 9.52. The maximum Gasteiger partial charge on any atom is 0.0933 e. The molecule has 0 radical (unpaired) electrons. The van der Waals surface area contributed by atoms with Gasteiger partial charge < -0.3 is 0 Å². The zero-order valence-electron chi connectivity index (χ0n) is 9.83. The van der Waals surface area contributed by atoms with Crippen LogP contribution >= 0.6 is 7.26 Å². The van der Waals surface area contributed by atoms with Gasteiger partial charge >= 0.3 is 0 Å². The first kappa shape index (κ1) is 11.7. The van der Waals surface area contributed by atoms with Gasteiger partial charge in [-0.05, 0) is 24.5 Å². The lowest BCUT2D eigenvalue weighted by molar-refractivity contribution is 0.629. The lowest BCUT2D eigenvalue weighted by Crippen LogP contribution is -2.12. The molecule has 0 heterocycles. The molecule has 0 saturated carbocycles. The minimum absolute atomic E-state index is 0.831. The normalized spacial score (nSPS) is 12.1. The van der Waals surface area contributed by atoms with Crippen LogP contribution in [0.15, 0.2) is 30.3 Å². The molecule has 1 heteroatoms. The molecule has 0 aromatic heterocycles. The second-order valence-corrected chi connectivity index (χ2v) is 9.26. The van der Waals surface area contributed by atoms with Crippen LogP contribution in [0.2, 0.25) is 0 Å². The Hall–Kier alpha value is -0.350. The Morgan fingerprint density at radius 3 is 2.14 bits per heavy atom. The molecule has 0 N–H and O–H groups in total. The van der Waals surface area contributed by atoms with E-state index < -0.39 is 7.26 Å². The van der Waals surface area contributed by atoms with Crippen molar-refractivity contribution in [2.24, 2.45) is 5.92 Å². The molecule has 1 aromatic carbocycles. The van der Waals surface area contributed by atoms with Gasteiger partial charge in [-0.15, -0.1) is 0 Å². The molecule has 0 unspecified atom stereocenters. The summed E-state index contributed by atoms with van der Waals surface area (Å²) in [5.41, 5.74) is 0. The first-order valence-electron chi connectivity index (χ1n) is 5.41. The van der Waals surface area contributed by atoms with Crippen LogP contribution in [0.4, 0.5) is 0 Å². The SMILES string of the molecule is CC(C)CC[P+](C)(C)c1ccccc1. The fourth-order valence-electron chi connectivity index (χ4n) is 1.54. The quantitative estimate of drug-likeness (QED) is 0.664. The van der Waals surface area contributed by atoms with E-state index in [0.29, 0.717) is 0 Å². The van der Waals surface area contributed by atoms with Crippen molar-refractivity contribution in [1.29, 1.82) is 0 Å². The lowest BCUT2D eigenvalue weighted by Gasteiger charge is -2.18. The van der Waals surface area contributed by atoms with Gasteiger partial charge in [-0.1, -0.05) is 32.0 Å². The largest absolute Gasteiger partial charge is 0.0933 e. The van der Waals surface area contributed by atoms with Gasteiger partial charge in [0.15, 0.2) is 0 Å². The van der Waals surface area contributed by atoms with Crippen LogP contribution in [0.3, 0.4) is 0 Å². The van der Waals surface area contributed by atoms with Gasteiger partial charge in [-0.25, -0.2) is 0 Å². The number of benzene rings is 1. The van der Waals surface area contributed by atoms with Gasteiger partial charge in [0.25, 0.3) is 0 Å². The molecule has 0 atom stereocenters. The zero-order valence-corrected chi connectivity index (χ0v) is 10.7. The van der Waals surface area contributed by atoms with E-state index in [1.54, 1.807) is 5.30 Å². The van der Waals surface area contributed by atoms with Crippen molar-refractivity contribution in [2.75, 3.05) is 19.5 Å². The van der Waals surface area contributed by atoms with Crippen LogP contribution in [0.25, 0.3) is 0 Å². The van der Waals surface area contributed by atoms with Crippen molar-refractivity contribution in [3.63, 3.8) is 0 Å². The second-order valence-electron chi connectivity index (χ2n) is 4.93. The van der Waals surface area contributed by atoms with Crippen LogP contribution in [0.1, 0.15) is 20.3 Å². The lowest BCUT2D eigenvalue weighted by atomic mass is 10.2. The van der Waals surface area contributed by atoms with Crippen LogP contribution in [-0.4, -0.2) is 19.5 Å². The fourth-order valence-corrected chi connectivity index (χ4v) is 3.94. The summed E-state index contributed by atoms with van der Waals surface area (Å²) < 4.78 is 0. The average molecular weight is 209 g/mol. The van der Waals surface area contributed by atoms with Gasteiger partial charge in [-0.2, -0.15) is 0 Å². The molecule has 14 heavy (non-hydrogen) atoms. The molecule has 0 aliphatic rings. The Balaban J connectivity index is 2.66. The van der Waals surface area contributed by atoms with Crippen LogP contribution in [0, 0.1) is 5.92 Å². The summed E-state index contributed by atoms with van der Waals surface area (Å²) >= 11 is 0. The van der Waals surface area contributed by atoms with Crippen molar-refractivity contribution in [3.8, 4) is 0 Å². The van der Waals surface area contributed by atoms with E-state index in [2.05, 4.69) is 57.5 Å². The minimum atomic E-state index is -0.849. The van der Waals surface area contributed by atoms with E-state index >= 15 is 0 Å². The summed E-state index contributed by atoms with van der Waals surface area (Å²) in [5, 5.41) is 1.57. The minimum Gasteiger partial charge on any atom is -0.0626 e. The third kappa shape index (κ3) is 3.42. The summed E-state index contributed by atoms with van der Waals surface area (Å²) in [7, 11) is -0.849. The van der Waals surface area contributed by atoms with Crippen molar-refractivity contribution < 1.29 is 0 Å². The molecule has 0 spiro atoms. The monoisotopic (exact) mass is 209 g/mol. The highest BCUT2D eigenvalue weighted by molar-refractivity contribution is 7.81. The number of hydrogen-bond donors (Lipinski definition) is 0. The maximum absolute atomic E-state index is 2.45. The van der Waals surface area contributed by atoms with Gasteiger partial charge in [0.2, 0.25) is 0 Å². The van der Waals surface area contributed by atoms with Gasteiger partial charge in [0, 0.05) is 7.26 Å². The molecule has 78 valence electrons. The smallest absolute Gasteiger partial charge is 0.0626 e. The third-order valence-electron chi connectivity index (χ3n) is 2.72. The number of hydrogen-bond acceptors (Lipinski definition) is 0. The van der Waals surface area contributed by atoms with Crippen LogP contribution in [0.5, 0.6) is 0 Å². The molecule has 1 rings (SSSR count). The highest BCUT2D eigenvalue weighted by Gasteiger charge is 2.27. The van der Waals surface area contributed by atoms with E-state index in [-0.39, 0.29) is 0 Å². The molecule has 1 aromatic rings. The van der Waals surface area contributed by atoms with E-state index in [9.17, 15) is 0 Å². The standard InChI is InChI=1S/C13H22P/c1-12(2)10-11-14(3,4)13-8-6-5-7-9-13/h5-9,12H,10-11H2,1-4H3/q+1. The summed E-state index contributed by atoms with van der Waals surface area (Å²) in [6.07, 6.45) is 2.74. The Bertz CT molecular complexity index is 262. The van der Waals surface area contributed by atoms with Gasteiger partial charge in [0.1, 0.15) is 0 Å². The van der Waals surface area contributed by atoms with Crippen LogP contribution in [-0.2, 0) is 0 Å². The van der Waals surface area contributed by atoms with Crippen molar-refractivity contribution >= 4 is 12.6 Å². The van der Waals surface area contributed by atoms with E-state index in [1.165, 1.54) is 12.6 Å². The summed E-state index contributed by atoms with van der Waals surface area (Å²) in [5.74, 6) is 0.831. The topological polar surface area (TPSA) is 0 Å². The molecule has 0 saturated heterocycles. The van der Waals surface area contributed by atoms with E-state index in [4.69, 9.17) is 0 Å². The van der Waals surface area contributed by atoms with Crippen LogP contribution < -0.4 is 5.30 Å². The molecule has 0 aliphatic carbocycles. The predicted molar refractivity (Wildman–Crippen MR) is 69.2 cm³/mol. The summed E-state index contributed by atoms with van der Waals surface area (Å²) in [4.78, 5) is 0.